The van der Waals surface area contributed by atoms with E-state index in [1.165, 1.54) is 5.56 Å². The average Bonchev–Trinajstić information content (AvgIpc) is 2.53. The Bertz CT molecular complexity index is 743. The van der Waals surface area contributed by atoms with Crippen molar-refractivity contribution in [3.8, 4) is 0 Å². The summed E-state index contributed by atoms with van der Waals surface area (Å²) in [6.07, 6.45) is 0.899. The van der Waals surface area contributed by atoms with Gasteiger partial charge in [-0.05, 0) is 59.5 Å². The minimum absolute atomic E-state index is 0.173. The van der Waals surface area contributed by atoms with Crippen LogP contribution in [0.2, 0.25) is 0 Å². The van der Waals surface area contributed by atoms with E-state index in [0.717, 1.165) is 24.2 Å². The lowest BCUT2D eigenvalue weighted by Crippen LogP contribution is -2.28. The zero-order valence-electron chi connectivity index (χ0n) is 15.7. The molecule has 6 heteroatoms. The van der Waals surface area contributed by atoms with Gasteiger partial charge in [0.05, 0.1) is 0 Å². The highest BCUT2D eigenvalue weighted by molar-refractivity contribution is 5.93. The highest BCUT2D eigenvalue weighted by Crippen LogP contribution is 2.20. The first-order valence-corrected chi connectivity index (χ1v) is 8.48. The third-order valence-electron chi connectivity index (χ3n) is 3.78. The molecule has 0 aliphatic rings. The van der Waals surface area contributed by atoms with Crippen molar-refractivity contribution < 1.29 is 4.79 Å². The number of rotatable bonds is 7. The molecule has 0 unspecified atom stereocenters. The third-order valence-corrected chi connectivity index (χ3v) is 3.78. The van der Waals surface area contributed by atoms with Gasteiger partial charge in [-0.25, -0.2) is 9.97 Å². The van der Waals surface area contributed by atoms with Crippen molar-refractivity contribution in [3.63, 3.8) is 0 Å². The Morgan fingerprint density at radius 2 is 1.88 bits per heavy atom. The molecule has 2 aromatic rings. The van der Waals surface area contributed by atoms with Crippen LogP contribution in [-0.4, -0.2) is 48.0 Å². The van der Waals surface area contributed by atoms with E-state index in [2.05, 4.69) is 38.5 Å². The van der Waals surface area contributed by atoms with E-state index in [0.29, 0.717) is 23.9 Å². The maximum Gasteiger partial charge on any atom is 0.270 e. The van der Waals surface area contributed by atoms with Gasteiger partial charge in [-0.2, -0.15) is 0 Å². The first kappa shape index (κ1) is 18.9. The first-order chi connectivity index (χ1) is 11.8. The molecule has 0 aliphatic carbocycles. The molecule has 0 bridgehead atoms. The lowest BCUT2D eigenvalue weighted by Gasteiger charge is -2.12. The number of nitrogens with one attached hydrogen (secondary N) is 2. The predicted molar refractivity (Wildman–Crippen MR) is 101 cm³/mol. The van der Waals surface area contributed by atoms with E-state index >= 15 is 0 Å². The van der Waals surface area contributed by atoms with Gasteiger partial charge in [-0.15, -0.1) is 0 Å². The Kier molecular flexibility index (Phi) is 6.47. The van der Waals surface area contributed by atoms with Gasteiger partial charge in [0.1, 0.15) is 17.3 Å². The lowest BCUT2D eigenvalue weighted by molar-refractivity contribution is 0.0947. The fraction of sp³-hybridized carbons (Fsp3) is 0.421. The van der Waals surface area contributed by atoms with Crippen molar-refractivity contribution in [3.05, 3.63) is 46.9 Å². The molecular formula is C19H27N5O. The summed E-state index contributed by atoms with van der Waals surface area (Å²) in [5.74, 6) is 1.01. The molecule has 134 valence electrons. The normalized spacial score (nSPS) is 10.8. The van der Waals surface area contributed by atoms with E-state index in [-0.39, 0.29) is 5.91 Å². The van der Waals surface area contributed by atoms with Crippen molar-refractivity contribution in [1.82, 2.24) is 20.2 Å². The van der Waals surface area contributed by atoms with Gasteiger partial charge in [-0.1, -0.05) is 17.7 Å². The van der Waals surface area contributed by atoms with Crippen molar-refractivity contribution in [2.45, 2.75) is 27.2 Å². The number of benzene rings is 1. The van der Waals surface area contributed by atoms with Crippen molar-refractivity contribution in [2.24, 2.45) is 0 Å². The zero-order valence-corrected chi connectivity index (χ0v) is 15.7. The topological polar surface area (TPSA) is 70.2 Å². The van der Waals surface area contributed by atoms with E-state index < -0.39 is 0 Å². The summed E-state index contributed by atoms with van der Waals surface area (Å²) in [5, 5.41) is 6.19. The standard InChI is InChI=1S/C19H27N5O/c1-13-7-8-16(14(2)11-13)23-18-12-17(21-15(3)22-18)19(25)20-9-6-10-24(4)5/h7-8,11-12H,6,9-10H2,1-5H3,(H,20,25)(H,21,22,23). The van der Waals surface area contributed by atoms with Crippen molar-refractivity contribution in [1.29, 1.82) is 0 Å². The molecule has 2 rings (SSSR count). The molecule has 0 atom stereocenters. The summed E-state index contributed by atoms with van der Waals surface area (Å²) < 4.78 is 0. The van der Waals surface area contributed by atoms with Gasteiger partial charge in [0.25, 0.3) is 5.91 Å². The number of aromatic nitrogens is 2. The van der Waals surface area contributed by atoms with Crippen LogP contribution in [0.4, 0.5) is 11.5 Å². The fourth-order valence-corrected chi connectivity index (χ4v) is 2.53. The SMILES string of the molecule is Cc1ccc(Nc2cc(C(=O)NCCCN(C)C)nc(C)n2)c(C)c1. The van der Waals surface area contributed by atoms with E-state index in [9.17, 15) is 4.79 Å². The minimum Gasteiger partial charge on any atom is -0.351 e. The molecule has 1 aromatic heterocycles. The predicted octanol–water partition coefficient (Wildman–Crippen LogP) is 2.83. The van der Waals surface area contributed by atoms with Crippen LogP contribution in [0, 0.1) is 20.8 Å². The molecule has 0 saturated carbocycles. The summed E-state index contributed by atoms with van der Waals surface area (Å²) in [5.41, 5.74) is 3.69. The Balaban J connectivity index is 2.07. The number of anilines is 2. The van der Waals surface area contributed by atoms with Crippen molar-refractivity contribution >= 4 is 17.4 Å². The Hall–Kier alpha value is -2.47. The Morgan fingerprint density at radius 3 is 2.56 bits per heavy atom. The Labute approximate surface area is 149 Å². The van der Waals surface area contributed by atoms with Crippen LogP contribution in [0.3, 0.4) is 0 Å². The van der Waals surface area contributed by atoms with Crippen LogP contribution in [0.1, 0.15) is 33.9 Å². The minimum atomic E-state index is -0.173. The van der Waals surface area contributed by atoms with Gasteiger partial charge in [0.15, 0.2) is 0 Å². The van der Waals surface area contributed by atoms with Crippen molar-refractivity contribution in [2.75, 3.05) is 32.5 Å². The maximum absolute atomic E-state index is 12.3. The number of amides is 1. The zero-order chi connectivity index (χ0) is 18.4. The summed E-state index contributed by atoms with van der Waals surface area (Å²) in [7, 11) is 4.03. The summed E-state index contributed by atoms with van der Waals surface area (Å²) >= 11 is 0. The van der Waals surface area contributed by atoms with Crippen LogP contribution in [0.15, 0.2) is 24.3 Å². The van der Waals surface area contributed by atoms with Gasteiger partial charge in [0, 0.05) is 18.3 Å². The van der Waals surface area contributed by atoms with Gasteiger partial charge in [0.2, 0.25) is 0 Å². The summed E-state index contributed by atoms with van der Waals surface area (Å²) in [4.78, 5) is 23.0. The summed E-state index contributed by atoms with van der Waals surface area (Å²) in [6.45, 7) is 7.45. The molecular weight excluding hydrogens is 314 g/mol. The van der Waals surface area contributed by atoms with Crippen LogP contribution >= 0.6 is 0 Å². The fourth-order valence-electron chi connectivity index (χ4n) is 2.53. The molecule has 0 fully saturated rings. The summed E-state index contributed by atoms with van der Waals surface area (Å²) in [6, 6.07) is 7.85. The third kappa shape index (κ3) is 5.83. The van der Waals surface area contributed by atoms with Crippen LogP contribution < -0.4 is 10.6 Å². The van der Waals surface area contributed by atoms with E-state index in [1.807, 2.05) is 33.2 Å². The van der Waals surface area contributed by atoms with Gasteiger partial charge in [-0.3, -0.25) is 4.79 Å². The molecule has 0 spiro atoms. The second-order valence-corrected chi connectivity index (χ2v) is 6.54. The van der Waals surface area contributed by atoms with Gasteiger partial charge < -0.3 is 15.5 Å². The molecule has 6 nitrogen and oxygen atoms in total. The average molecular weight is 341 g/mol. The highest BCUT2D eigenvalue weighted by Gasteiger charge is 2.11. The van der Waals surface area contributed by atoms with Gasteiger partial charge >= 0.3 is 0 Å². The molecule has 1 amide bonds. The number of carbonyl (C=O) groups is 1. The molecule has 0 radical (unpaired) electrons. The van der Waals surface area contributed by atoms with Crippen LogP contribution in [0.25, 0.3) is 0 Å². The first-order valence-electron chi connectivity index (χ1n) is 8.48. The second kappa shape index (κ2) is 8.58. The Morgan fingerprint density at radius 1 is 1.12 bits per heavy atom. The number of hydrogen-bond donors (Lipinski definition) is 2. The highest BCUT2D eigenvalue weighted by atomic mass is 16.1. The quantitative estimate of drug-likeness (QED) is 0.758. The molecule has 1 aromatic carbocycles. The molecule has 1 heterocycles. The molecule has 2 N–H and O–H groups in total. The van der Waals surface area contributed by atoms with E-state index in [1.54, 1.807) is 13.0 Å². The molecule has 25 heavy (non-hydrogen) atoms. The number of nitrogens with zero attached hydrogens (tertiary/aromatic N) is 3. The molecule has 0 aliphatic heterocycles. The largest absolute Gasteiger partial charge is 0.351 e. The second-order valence-electron chi connectivity index (χ2n) is 6.54. The number of hydrogen-bond acceptors (Lipinski definition) is 5. The smallest absolute Gasteiger partial charge is 0.270 e. The lowest BCUT2D eigenvalue weighted by atomic mass is 10.1. The maximum atomic E-state index is 12.3. The van der Waals surface area contributed by atoms with E-state index in [4.69, 9.17) is 0 Å². The van der Waals surface area contributed by atoms with Crippen LogP contribution in [0.5, 0.6) is 0 Å². The molecule has 0 saturated heterocycles. The van der Waals surface area contributed by atoms with Crippen LogP contribution in [-0.2, 0) is 0 Å². The number of aryl methyl sites for hydroxylation is 3. The monoisotopic (exact) mass is 341 g/mol. The number of carbonyl (C=O) groups excluding carboxylic acids is 1.